The fourth-order valence-corrected chi connectivity index (χ4v) is 2.74. The van der Waals surface area contributed by atoms with Crippen LogP contribution in [0.1, 0.15) is 19.3 Å². The third-order valence-corrected chi connectivity index (χ3v) is 3.54. The molecule has 2 atom stereocenters. The van der Waals surface area contributed by atoms with Crippen molar-refractivity contribution in [2.24, 2.45) is 5.92 Å². The highest BCUT2D eigenvalue weighted by atomic mass is 35.5. The van der Waals surface area contributed by atoms with Crippen LogP contribution in [0, 0.1) is 5.92 Å². The van der Waals surface area contributed by atoms with Gasteiger partial charge in [-0.15, -0.1) is 19.0 Å². The number of rotatable bonds is 4. The summed E-state index contributed by atoms with van der Waals surface area (Å²) in [6.07, 6.45) is 5.49. The van der Waals surface area contributed by atoms with Gasteiger partial charge in [0.15, 0.2) is 0 Å². The zero-order valence-corrected chi connectivity index (χ0v) is 10.6. The molecule has 4 heteroatoms. The molecule has 1 aliphatic heterocycles. The highest BCUT2D eigenvalue weighted by Crippen LogP contribution is 2.39. The van der Waals surface area contributed by atoms with Crippen molar-refractivity contribution in [1.82, 2.24) is 5.32 Å². The van der Waals surface area contributed by atoms with E-state index in [9.17, 15) is 0 Å². The van der Waals surface area contributed by atoms with Gasteiger partial charge in [-0.1, -0.05) is 12.5 Å². The highest BCUT2D eigenvalue weighted by Gasteiger charge is 2.44. The molecular formula is C12H22ClNO2. The Morgan fingerprint density at radius 1 is 1.56 bits per heavy atom. The summed E-state index contributed by atoms with van der Waals surface area (Å²) >= 11 is 0. The molecular weight excluding hydrogens is 226 g/mol. The van der Waals surface area contributed by atoms with E-state index in [1.807, 2.05) is 6.08 Å². The van der Waals surface area contributed by atoms with Crippen LogP contribution < -0.4 is 5.32 Å². The summed E-state index contributed by atoms with van der Waals surface area (Å²) in [7, 11) is 0. The molecule has 1 aliphatic carbocycles. The second-order valence-corrected chi connectivity index (χ2v) is 4.51. The van der Waals surface area contributed by atoms with Crippen LogP contribution in [-0.2, 0) is 9.47 Å². The molecule has 2 rings (SSSR count). The van der Waals surface area contributed by atoms with E-state index in [4.69, 9.17) is 9.47 Å². The Morgan fingerprint density at radius 3 is 3.12 bits per heavy atom. The van der Waals surface area contributed by atoms with Crippen LogP contribution in [0.3, 0.4) is 0 Å². The van der Waals surface area contributed by atoms with E-state index in [0.29, 0.717) is 12.5 Å². The molecule has 0 amide bonds. The van der Waals surface area contributed by atoms with E-state index in [-0.39, 0.29) is 18.0 Å². The van der Waals surface area contributed by atoms with Gasteiger partial charge < -0.3 is 14.8 Å². The first kappa shape index (κ1) is 14.0. The molecule has 2 fully saturated rings. The molecule has 1 spiro atoms. The first-order valence-electron chi connectivity index (χ1n) is 5.91. The molecule has 1 saturated carbocycles. The molecule has 0 radical (unpaired) electrons. The molecule has 1 heterocycles. The van der Waals surface area contributed by atoms with Gasteiger partial charge in [0.2, 0.25) is 0 Å². The molecule has 1 N–H and O–H groups in total. The van der Waals surface area contributed by atoms with E-state index in [2.05, 4.69) is 11.9 Å². The summed E-state index contributed by atoms with van der Waals surface area (Å²) in [4.78, 5) is 0. The SMILES string of the molecule is C=CCOC[C@H]1CCC[C@@]12CNCCO2.Cl. The van der Waals surface area contributed by atoms with Crippen molar-refractivity contribution in [3.05, 3.63) is 12.7 Å². The summed E-state index contributed by atoms with van der Waals surface area (Å²) in [6, 6.07) is 0. The topological polar surface area (TPSA) is 30.5 Å². The number of halogens is 1. The van der Waals surface area contributed by atoms with Crippen molar-refractivity contribution < 1.29 is 9.47 Å². The minimum absolute atomic E-state index is 0. The van der Waals surface area contributed by atoms with Crippen molar-refractivity contribution in [2.45, 2.75) is 24.9 Å². The van der Waals surface area contributed by atoms with Crippen LogP contribution in [0.2, 0.25) is 0 Å². The number of ether oxygens (including phenoxy) is 2. The maximum absolute atomic E-state index is 6.00. The first-order valence-corrected chi connectivity index (χ1v) is 5.91. The third-order valence-electron chi connectivity index (χ3n) is 3.54. The van der Waals surface area contributed by atoms with Gasteiger partial charge in [-0.25, -0.2) is 0 Å². The van der Waals surface area contributed by atoms with Crippen LogP contribution in [-0.4, -0.2) is 38.5 Å². The molecule has 94 valence electrons. The van der Waals surface area contributed by atoms with Gasteiger partial charge in [0.05, 0.1) is 25.4 Å². The monoisotopic (exact) mass is 247 g/mol. The van der Waals surface area contributed by atoms with Gasteiger partial charge in [0.1, 0.15) is 0 Å². The largest absolute Gasteiger partial charge is 0.377 e. The van der Waals surface area contributed by atoms with Crippen molar-refractivity contribution in [1.29, 1.82) is 0 Å². The van der Waals surface area contributed by atoms with E-state index in [1.165, 1.54) is 19.3 Å². The van der Waals surface area contributed by atoms with Crippen LogP contribution in [0.4, 0.5) is 0 Å². The lowest BCUT2D eigenvalue weighted by molar-refractivity contribution is -0.105. The van der Waals surface area contributed by atoms with Gasteiger partial charge in [0, 0.05) is 19.0 Å². The Balaban J connectivity index is 0.00000128. The Hall–Kier alpha value is -0.0900. The van der Waals surface area contributed by atoms with E-state index in [0.717, 1.165) is 26.3 Å². The summed E-state index contributed by atoms with van der Waals surface area (Å²) in [5.74, 6) is 0.560. The summed E-state index contributed by atoms with van der Waals surface area (Å²) in [5, 5.41) is 3.44. The van der Waals surface area contributed by atoms with E-state index < -0.39 is 0 Å². The third kappa shape index (κ3) is 2.98. The predicted molar refractivity (Wildman–Crippen MR) is 67.2 cm³/mol. The van der Waals surface area contributed by atoms with Gasteiger partial charge in [0.25, 0.3) is 0 Å². The van der Waals surface area contributed by atoms with Crippen molar-refractivity contribution in [2.75, 3.05) is 32.9 Å². The molecule has 16 heavy (non-hydrogen) atoms. The lowest BCUT2D eigenvalue weighted by atomic mass is 9.90. The maximum atomic E-state index is 6.00. The normalized spacial score (nSPS) is 33.6. The van der Waals surface area contributed by atoms with Gasteiger partial charge in [-0.2, -0.15) is 0 Å². The van der Waals surface area contributed by atoms with Gasteiger partial charge >= 0.3 is 0 Å². The highest BCUT2D eigenvalue weighted by molar-refractivity contribution is 5.85. The van der Waals surface area contributed by atoms with Crippen LogP contribution in [0.15, 0.2) is 12.7 Å². The lowest BCUT2D eigenvalue weighted by Crippen LogP contribution is -2.53. The molecule has 0 aromatic carbocycles. The van der Waals surface area contributed by atoms with E-state index >= 15 is 0 Å². The van der Waals surface area contributed by atoms with Crippen LogP contribution in [0.5, 0.6) is 0 Å². The molecule has 3 nitrogen and oxygen atoms in total. The smallest absolute Gasteiger partial charge is 0.0856 e. The van der Waals surface area contributed by atoms with Crippen molar-refractivity contribution in [3.63, 3.8) is 0 Å². The molecule has 0 aromatic heterocycles. The number of hydrogen-bond acceptors (Lipinski definition) is 3. The Labute approximate surface area is 104 Å². The molecule has 0 aromatic rings. The minimum Gasteiger partial charge on any atom is -0.377 e. The fraction of sp³-hybridized carbons (Fsp3) is 0.833. The molecule has 0 unspecified atom stereocenters. The average molecular weight is 248 g/mol. The zero-order valence-electron chi connectivity index (χ0n) is 9.74. The first-order chi connectivity index (χ1) is 7.37. The number of morpholine rings is 1. The molecule has 0 bridgehead atoms. The predicted octanol–water partition coefficient (Wildman–Crippen LogP) is 1.77. The van der Waals surface area contributed by atoms with Crippen LogP contribution >= 0.6 is 12.4 Å². The minimum atomic E-state index is 0. The van der Waals surface area contributed by atoms with Crippen LogP contribution in [0.25, 0.3) is 0 Å². The van der Waals surface area contributed by atoms with Crippen molar-refractivity contribution in [3.8, 4) is 0 Å². The summed E-state index contributed by atoms with van der Waals surface area (Å²) in [6.45, 7) is 7.95. The second kappa shape index (κ2) is 6.60. The maximum Gasteiger partial charge on any atom is 0.0856 e. The summed E-state index contributed by atoms with van der Waals surface area (Å²) < 4.78 is 11.6. The van der Waals surface area contributed by atoms with Crippen molar-refractivity contribution >= 4 is 12.4 Å². The Bertz CT molecular complexity index is 217. The quantitative estimate of drug-likeness (QED) is 0.607. The number of hydrogen-bond donors (Lipinski definition) is 1. The summed E-state index contributed by atoms with van der Waals surface area (Å²) in [5.41, 5.74) is 0.0689. The van der Waals surface area contributed by atoms with Gasteiger partial charge in [-0.3, -0.25) is 0 Å². The average Bonchev–Trinajstić information content (AvgIpc) is 2.63. The fourth-order valence-electron chi connectivity index (χ4n) is 2.74. The molecule has 2 aliphatic rings. The zero-order chi connectivity index (χ0) is 10.6. The Kier molecular flexibility index (Phi) is 5.76. The Morgan fingerprint density at radius 2 is 2.44 bits per heavy atom. The molecule has 1 saturated heterocycles. The second-order valence-electron chi connectivity index (χ2n) is 4.51. The number of nitrogens with one attached hydrogen (secondary N) is 1. The lowest BCUT2D eigenvalue weighted by Gasteiger charge is -2.39. The van der Waals surface area contributed by atoms with Gasteiger partial charge in [-0.05, 0) is 12.8 Å². The standard InChI is InChI=1S/C12H21NO2.ClH/c1-2-7-14-9-11-4-3-5-12(11)10-13-6-8-15-12;/h2,11,13H,1,3-10H2;1H/t11-,12-;/m1./s1. The van der Waals surface area contributed by atoms with E-state index in [1.54, 1.807) is 0 Å².